The Morgan fingerprint density at radius 3 is 2.48 bits per heavy atom. The highest BCUT2D eigenvalue weighted by atomic mass is 35.5. The number of likely N-dealkylation sites (tertiary alicyclic amines) is 1. The molecule has 2 aromatic carbocycles. The molecule has 3 rings (SSSR count). The summed E-state index contributed by atoms with van der Waals surface area (Å²) in [5.74, 6) is -0.0425. The van der Waals surface area contributed by atoms with E-state index in [2.05, 4.69) is 21.8 Å². The van der Waals surface area contributed by atoms with E-state index in [1.807, 2.05) is 7.05 Å². The van der Waals surface area contributed by atoms with Gasteiger partial charge in [0, 0.05) is 31.7 Å². The Morgan fingerprint density at radius 1 is 1.17 bits per heavy atom. The predicted octanol–water partition coefficient (Wildman–Crippen LogP) is 6.91. The van der Waals surface area contributed by atoms with Gasteiger partial charge in [-0.15, -0.1) is 0 Å². The minimum absolute atomic E-state index is 0.00247. The van der Waals surface area contributed by atoms with Gasteiger partial charge in [0.15, 0.2) is 6.19 Å². The van der Waals surface area contributed by atoms with Crippen LogP contribution in [0.3, 0.4) is 0 Å². The molecule has 0 aliphatic carbocycles. The quantitative estimate of drug-likeness (QED) is 0.0686. The summed E-state index contributed by atoms with van der Waals surface area (Å²) < 4.78 is 52.6. The smallest absolute Gasteiger partial charge is 0.416 e. The summed E-state index contributed by atoms with van der Waals surface area (Å²) in [6, 6.07) is 7.82. The van der Waals surface area contributed by atoms with Crippen molar-refractivity contribution in [3.63, 3.8) is 0 Å². The van der Waals surface area contributed by atoms with Crippen molar-refractivity contribution in [2.75, 3.05) is 46.4 Å². The number of guanidine groups is 1. The SMILES string of the molecule is C=CCOC(=O)N(CC)C/C(=N\N(CC)C(=Nc1cc(C(F)(F)F)ccc1OC1CCN(C)CC1)NC#N)c1ccc(Cl)c(Cl)c1. The summed E-state index contributed by atoms with van der Waals surface area (Å²) in [5, 5.41) is 18.6. The molecule has 0 bridgehead atoms. The topological polar surface area (TPSA) is 106 Å². The van der Waals surface area contributed by atoms with Crippen LogP contribution in [-0.4, -0.2) is 85.1 Å². The molecule has 1 aliphatic rings. The lowest BCUT2D eigenvalue weighted by atomic mass is 10.1. The molecule has 248 valence electrons. The van der Waals surface area contributed by atoms with Crippen molar-refractivity contribution in [2.45, 2.75) is 39.0 Å². The summed E-state index contributed by atoms with van der Waals surface area (Å²) in [7, 11) is 1.99. The van der Waals surface area contributed by atoms with Crippen molar-refractivity contribution in [3.8, 4) is 11.9 Å². The van der Waals surface area contributed by atoms with Crippen LogP contribution in [0.5, 0.6) is 5.75 Å². The number of amides is 1. The molecule has 15 heteroatoms. The second-order valence-electron chi connectivity index (χ2n) is 10.2. The molecule has 1 amide bonds. The first-order valence-corrected chi connectivity index (χ1v) is 15.3. The third-order valence-electron chi connectivity index (χ3n) is 6.98. The zero-order valence-electron chi connectivity index (χ0n) is 25.8. The number of hydrogen-bond acceptors (Lipinski definition) is 7. The first kappa shape index (κ1) is 36.5. The summed E-state index contributed by atoms with van der Waals surface area (Å²) in [4.78, 5) is 20.7. The molecule has 10 nitrogen and oxygen atoms in total. The van der Waals surface area contributed by atoms with Crippen molar-refractivity contribution in [2.24, 2.45) is 10.1 Å². The Labute approximate surface area is 276 Å². The number of hydrazone groups is 1. The number of ether oxygens (including phenoxy) is 2. The molecule has 0 atom stereocenters. The third kappa shape index (κ3) is 10.3. The first-order chi connectivity index (χ1) is 21.9. The summed E-state index contributed by atoms with van der Waals surface area (Å²) in [6.45, 7) is 8.88. The van der Waals surface area contributed by atoms with Gasteiger partial charge in [-0.25, -0.2) is 14.8 Å². The normalized spacial score (nSPS) is 14.8. The molecule has 2 aromatic rings. The molecular formula is C31H36Cl2F3N7O3. The van der Waals surface area contributed by atoms with Gasteiger partial charge >= 0.3 is 12.3 Å². The monoisotopic (exact) mass is 681 g/mol. The van der Waals surface area contributed by atoms with E-state index in [-0.39, 0.29) is 54.8 Å². The Balaban J connectivity index is 2.12. The van der Waals surface area contributed by atoms with Gasteiger partial charge in [-0.1, -0.05) is 41.9 Å². The maximum Gasteiger partial charge on any atom is 0.416 e. The number of carbonyl (C=O) groups excluding carboxylic acids is 1. The Kier molecular flexibility index (Phi) is 13.5. The van der Waals surface area contributed by atoms with Gasteiger partial charge < -0.3 is 19.3 Å². The molecule has 1 aliphatic heterocycles. The number of nitrogens with one attached hydrogen (secondary N) is 1. The number of alkyl halides is 3. The minimum atomic E-state index is -4.65. The average molecular weight is 683 g/mol. The van der Waals surface area contributed by atoms with Crippen LogP contribution in [0.1, 0.15) is 37.8 Å². The number of piperidine rings is 1. The minimum Gasteiger partial charge on any atom is -0.488 e. The van der Waals surface area contributed by atoms with Gasteiger partial charge in [0.2, 0.25) is 5.96 Å². The summed E-state index contributed by atoms with van der Waals surface area (Å²) >= 11 is 12.4. The maximum absolute atomic E-state index is 13.8. The van der Waals surface area contributed by atoms with Crippen LogP contribution < -0.4 is 10.1 Å². The molecule has 1 saturated heterocycles. The lowest BCUT2D eigenvalue weighted by molar-refractivity contribution is -0.137. The van der Waals surface area contributed by atoms with E-state index in [1.165, 1.54) is 22.1 Å². The van der Waals surface area contributed by atoms with E-state index in [1.54, 1.807) is 38.2 Å². The highest BCUT2D eigenvalue weighted by molar-refractivity contribution is 6.42. The third-order valence-corrected chi connectivity index (χ3v) is 7.72. The van der Waals surface area contributed by atoms with E-state index in [4.69, 9.17) is 37.8 Å². The van der Waals surface area contributed by atoms with Crippen molar-refractivity contribution in [1.29, 1.82) is 5.26 Å². The first-order valence-electron chi connectivity index (χ1n) is 14.5. The molecule has 0 saturated carbocycles. The second-order valence-corrected chi connectivity index (χ2v) is 11.1. The summed E-state index contributed by atoms with van der Waals surface area (Å²) in [5.41, 5.74) is -0.279. The number of likely N-dealkylation sites (N-methyl/N-ethyl adjacent to an activating group) is 1. The number of benzene rings is 2. The number of hydrogen-bond donors (Lipinski definition) is 1. The van der Waals surface area contributed by atoms with Crippen LogP contribution >= 0.6 is 23.2 Å². The maximum atomic E-state index is 13.8. The van der Waals surface area contributed by atoms with Gasteiger partial charge in [0.05, 0.1) is 27.9 Å². The number of halogens is 5. The molecule has 1 N–H and O–H groups in total. The zero-order chi connectivity index (χ0) is 33.9. The van der Waals surface area contributed by atoms with Crippen LogP contribution in [0.15, 0.2) is 59.1 Å². The second kappa shape index (κ2) is 17.1. The van der Waals surface area contributed by atoms with Gasteiger partial charge in [0.1, 0.15) is 24.1 Å². The Morgan fingerprint density at radius 2 is 1.89 bits per heavy atom. The van der Waals surface area contributed by atoms with Crippen LogP contribution in [0.25, 0.3) is 0 Å². The largest absolute Gasteiger partial charge is 0.488 e. The van der Waals surface area contributed by atoms with E-state index in [9.17, 15) is 23.2 Å². The lowest BCUT2D eigenvalue weighted by Crippen LogP contribution is -2.40. The van der Waals surface area contributed by atoms with Gasteiger partial charge in [-0.3, -0.25) is 5.32 Å². The molecule has 0 unspecified atom stereocenters. The van der Waals surface area contributed by atoms with Gasteiger partial charge in [-0.05, 0) is 64.1 Å². The number of aliphatic imine (C=N–C) groups is 1. The highest BCUT2D eigenvalue weighted by Crippen LogP contribution is 2.37. The molecule has 0 radical (unpaired) electrons. The summed E-state index contributed by atoms with van der Waals surface area (Å²) in [6.07, 6.45) is -0.901. The fourth-order valence-corrected chi connectivity index (χ4v) is 4.75. The number of nitriles is 1. The van der Waals surface area contributed by atoms with E-state index >= 15 is 0 Å². The van der Waals surface area contributed by atoms with Gasteiger partial charge in [0.25, 0.3) is 0 Å². The zero-order valence-corrected chi connectivity index (χ0v) is 27.3. The fraction of sp³-hybridized carbons (Fsp3) is 0.419. The molecule has 1 heterocycles. The number of nitrogens with zero attached hydrogens (tertiary/aromatic N) is 6. The predicted molar refractivity (Wildman–Crippen MR) is 173 cm³/mol. The van der Waals surface area contributed by atoms with E-state index in [0.717, 1.165) is 25.2 Å². The van der Waals surface area contributed by atoms with Crippen molar-refractivity contribution in [3.05, 3.63) is 70.2 Å². The van der Waals surface area contributed by atoms with Gasteiger partial charge in [-0.2, -0.15) is 23.5 Å². The number of carbonyl (C=O) groups is 1. The van der Waals surface area contributed by atoms with Crippen molar-refractivity contribution in [1.82, 2.24) is 20.1 Å². The lowest BCUT2D eigenvalue weighted by Gasteiger charge is -2.29. The molecule has 0 spiro atoms. The van der Waals surface area contributed by atoms with Crippen LogP contribution in [0.4, 0.5) is 23.7 Å². The Bertz CT molecular complexity index is 1470. The molecule has 46 heavy (non-hydrogen) atoms. The average Bonchev–Trinajstić information content (AvgIpc) is 3.02. The standard InChI is InChI=1S/C31H36Cl2F3N7O3/c1-5-16-45-30(44)42(6-2)19-27(21-8-10-24(32)25(33)17-21)40-43(7-3)29(38-20-37)39-26-18-22(31(34,35)36)9-11-28(26)46-23-12-14-41(4)15-13-23/h5,8-11,17-18,23H,1,6-7,12-16,19H2,2-4H3,(H,38,39)/b40-27+. The van der Waals surface area contributed by atoms with E-state index < -0.39 is 17.8 Å². The van der Waals surface area contributed by atoms with Crippen molar-refractivity contribution < 1.29 is 27.4 Å². The highest BCUT2D eigenvalue weighted by Gasteiger charge is 2.32. The van der Waals surface area contributed by atoms with E-state index in [0.29, 0.717) is 29.1 Å². The Hall–Kier alpha value is -3.99. The van der Waals surface area contributed by atoms with Crippen LogP contribution in [0, 0.1) is 11.5 Å². The van der Waals surface area contributed by atoms with Crippen molar-refractivity contribution >= 4 is 46.7 Å². The molecular weight excluding hydrogens is 646 g/mol. The molecule has 1 fully saturated rings. The molecule has 0 aromatic heterocycles. The van der Waals surface area contributed by atoms with Crippen LogP contribution in [-0.2, 0) is 10.9 Å². The van der Waals surface area contributed by atoms with Crippen LogP contribution in [0.2, 0.25) is 10.0 Å². The fourth-order valence-electron chi connectivity index (χ4n) is 4.45. The number of rotatable bonds is 11.